The van der Waals surface area contributed by atoms with Gasteiger partial charge in [-0.1, -0.05) is 49.3 Å². The van der Waals surface area contributed by atoms with Gasteiger partial charge in [-0.25, -0.2) is 4.99 Å². The Bertz CT molecular complexity index is 845. The molecule has 0 unspecified atom stereocenters. The first kappa shape index (κ1) is 23.0. The van der Waals surface area contributed by atoms with Crippen LogP contribution in [0.5, 0.6) is 0 Å². The molecule has 0 fully saturated rings. The van der Waals surface area contributed by atoms with E-state index in [2.05, 4.69) is 58.9 Å². The van der Waals surface area contributed by atoms with Gasteiger partial charge in [0.15, 0.2) is 11.7 Å². The molecule has 0 bridgehead atoms. The lowest BCUT2D eigenvalue weighted by molar-refractivity contribution is 0.376. The van der Waals surface area contributed by atoms with E-state index in [4.69, 9.17) is 8.94 Å². The maximum Gasteiger partial charge on any atom is 0.191 e. The lowest BCUT2D eigenvalue weighted by Gasteiger charge is -2.12. The fourth-order valence-corrected chi connectivity index (χ4v) is 2.74. The summed E-state index contributed by atoms with van der Waals surface area (Å²) in [7, 11) is 0. The van der Waals surface area contributed by atoms with Gasteiger partial charge in [-0.3, -0.25) is 0 Å². The van der Waals surface area contributed by atoms with E-state index in [0.717, 1.165) is 49.1 Å². The van der Waals surface area contributed by atoms with E-state index in [1.54, 1.807) is 6.26 Å². The summed E-state index contributed by atoms with van der Waals surface area (Å²) in [4.78, 5) is 4.65. The van der Waals surface area contributed by atoms with Crippen molar-refractivity contribution in [3.63, 3.8) is 0 Å². The molecule has 1 aromatic carbocycles. The van der Waals surface area contributed by atoms with E-state index >= 15 is 0 Å². The number of rotatable bonds is 9. The number of hydrogen-bond acceptors (Lipinski definition) is 4. The highest BCUT2D eigenvalue weighted by atomic mass is 127. The molecule has 0 aliphatic heterocycles. The van der Waals surface area contributed by atoms with E-state index in [9.17, 15) is 0 Å². The largest absolute Gasteiger partial charge is 0.469 e. The Labute approximate surface area is 189 Å². The van der Waals surface area contributed by atoms with Gasteiger partial charge in [0.05, 0.1) is 12.0 Å². The van der Waals surface area contributed by atoms with Crippen molar-refractivity contribution in [2.75, 3.05) is 13.1 Å². The molecule has 3 rings (SSSR count). The zero-order valence-corrected chi connectivity index (χ0v) is 19.3. The van der Waals surface area contributed by atoms with Crippen molar-refractivity contribution in [2.45, 2.75) is 39.2 Å². The SMILES string of the molecule is CC(C)c1cc(CN=C(NCCc2ccccc2)NCCc2ccco2)on1.I. The summed E-state index contributed by atoms with van der Waals surface area (Å²) < 4.78 is 10.8. The van der Waals surface area contributed by atoms with Crippen molar-refractivity contribution < 1.29 is 8.94 Å². The van der Waals surface area contributed by atoms with Gasteiger partial charge in [-0.15, -0.1) is 24.0 Å². The average Bonchev–Trinajstić information content (AvgIpc) is 3.38. The van der Waals surface area contributed by atoms with Gasteiger partial charge < -0.3 is 19.6 Å². The van der Waals surface area contributed by atoms with Crippen molar-refractivity contribution in [3.8, 4) is 0 Å². The maximum atomic E-state index is 5.39. The molecule has 2 heterocycles. The van der Waals surface area contributed by atoms with Gasteiger partial charge in [-0.05, 0) is 30.0 Å². The highest BCUT2D eigenvalue weighted by molar-refractivity contribution is 14.0. The monoisotopic (exact) mass is 508 g/mol. The molecule has 29 heavy (non-hydrogen) atoms. The van der Waals surface area contributed by atoms with Crippen LogP contribution in [-0.2, 0) is 19.4 Å². The van der Waals surface area contributed by atoms with Crippen LogP contribution in [-0.4, -0.2) is 24.2 Å². The second-order valence-electron chi connectivity index (χ2n) is 6.96. The number of furan rings is 1. The molecule has 6 nitrogen and oxygen atoms in total. The van der Waals surface area contributed by atoms with Crippen LogP contribution in [0, 0.1) is 0 Å². The molecule has 2 N–H and O–H groups in total. The van der Waals surface area contributed by atoms with Crippen LogP contribution in [0.2, 0.25) is 0 Å². The summed E-state index contributed by atoms with van der Waals surface area (Å²) in [5, 5.41) is 10.8. The van der Waals surface area contributed by atoms with Crippen LogP contribution < -0.4 is 10.6 Å². The second-order valence-corrected chi connectivity index (χ2v) is 6.96. The molecular weight excluding hydrogens is 479 g/mol. The van der Waals surface area contributed by atoms with Crippen molar-refractivity contribution in [1.29, 1.82) is 0 Å². The van der Waals surface area contributed by atoms with Crippen LogP contribution in [0.15, 0.2) is 68.7 Å². The molecule has 2 aromatic heterocycles. The number of benzene rings is 1. The Kier molecular flexibility index (Phi) is 9.76. The number of aliphatic imine (C=N–C) groups is 1. The highest BCUT2D eigenvalue weighted by Gasteiger charge is 2.08. The second kappa shape index (κ2) is 12.3. The highest BCUT2D eigenvalue weighted by Crippen LogP contribution is 2.14. The average molecular weight is 508 g/mol. The summed E-state index contributed by atoms with van der Waals surface area (Å²) in [6.07, 6.45) is 3.42. The van der Waals surface area contributed by atoms with Gasteiger partial charge in [0, 0.05) is 25.6 Å². The first-order valence-corrected chi connectivity index (χ1v) is 9.74. The Morgan fingerprint density at radius 3 is 2.41 bits per heavy atom. The molecule has 0 saturated heterocycles. The van der Waals surface area contributed by atoms with E-state index in [-0.39, 0.29) is 24.0 Å². The number of aromatic nitrogens is 1. The molecule has 7 heteroatoms. The summed E-state index contributed by atoms with van der Waals surface area (Å²) >= 11 is 0. The molecule has 0 amide bonds. The van der Waals surface area contributed by atoms with E-state index in [0.29, 0.717) is 12.5 Å². The minimum Gasteiger partial charge on any atom is -0.469 e. The van der Waals surface area contributed by atoms with Crippen LogP contribution in [0.25, 0.3) is 0 Å². The van der Waals surface area contributed by atoms with Gasteiger partial charge in [0.25, 0.3) is 0 Å². The third-order valence-corrected chi connectivity index (χ3v) is 4.35. The lowest BCUT2D eigenvalue weighted by Crippen LogP contribution is -2.39. The Morgan fingerprint density at radius 1 is 1.00 bits per heavy atom. The van der Waals surface area contributed by atoms with Crippen molar-refractivity contribution in [1.82, 2.24) is 15.8 Å². The molecule has 0 aliphatic carbocycles. The Morgan fingerprint density at radius 2 is 1.76 bits per heavy atom. The lowest BCUT2D eigenvalue weighted by atomic mass is 10.1. The van der Waals surface area contributed by atoms with Crippen molar-refractivity contribution in [3.05, 3.63) is 77.6 Å². The minimum atomic E-state index is 0. The van der Waals surface area contributed by atoms with Gasteiger partial charge in [0.2, 0.25) is 0 Å². The van der Waals surface area contributed by atoms with Crippen LogP contribution in [0.4, 0.5) is 0 Å². The van der Waals surface area contributed by atoms with Crippen LogP contribution in [0.3, 0.4) is 0 Å². The number of halogens is 1. The van der Waals surface area contributed by atoms with Crippen molar-refractivity contribution >= 4 is 29.9 Å². The predicted molar refractivity (Wildman–Crippen MR) is 126 cm³/mol. The molecule has 3 aromatic rings. The zero-order chi connectivity index (χ0) is 19.6. The molecule has 0 saturated carbocycles. The Balaban J connectivity index is 0.00000300. The number of hydrogen-bond donors (Lipinski definition) is 2. The van der Waals surface area contributed by atoms with E-state index in [1.165, 1.54) is 5.56 Å². The minimum absolute atomic E-state index is 0. The smallest absolute Gasteiger partial charge is 0.191 e. The van der Waals surface area contributed by atoms with Gasteiger partial charge >= 0.3 is 0 Å². The van der Waals surface area contributed by atoms with E-state index in [1.807, 2.05) is 24.3 Å². The molecular formula is C22H29IN4O2. The molecule has 0 radical (unpaired) electrons. The van der Waals surface area contributed by atoms with Gasteiger partial charge in [0.1, 0.15) is 12.3 Å². The molecule has 0 atom stereocenters. The first-order chi connectivity index (χ1) is 13.7. The molecule has 0 aliphatic rings. The zero-order valence-electron chi connectivity index (χ0n) is 16.9. The maximum absolute atomic E-state index is 5.39. The third kappa shape index (κ3) is 7.92. The summed E-state index contributed by atoms with van der Waals surface area (Å²) in [5.41, 5.74) is 2.25. The van der Waals surface area contributed by atoms with E-state index < -0.39 is 0 Å². The predicted octanol–water partition coefficient (Wildman–Crippen LogP) is 4.53. The molecule has 0 spiro atoms. The molecule has 156 valence electrons. The third-order valence-electron chi connectivity index (χ3n) is 4.35. The van der Waals surface area contributed by atoms with Crippen LogP contribution in [0.1, 0.15) is 42.5 Å². The first-order valence-electron chi connectivity index (χ1n) is 9.74. The fraction of sp³-hybridized carbons (Fsp3) is 0.364. The standard InChI is InChI=1S/C22H28N4O2.HI/c1-17(2)21-15-20(28-26-21)16-25-22(24-13-11-19-9-6-14-27-19)23-12-10-18-7-4-3-5-8-18;/h3-9,14-15,17H,10-13,16H2,1-2H3,(H2,23,24,25);1H. The number of nitrogens with zero attached hydrogens (tertiary/aromatic N) is 2. The Hall–Kier alpha value is -2.29. The van der Waals surface area contributed by atoms with Gasteiger partial charge in [-0.2, -0.15) is 0 Å². The normalized spacial score (nSPS) is 11.3. The number of nitrogens with one attached hydrogen (secondary N) is 2. The summed E-state index contributed by atoms with van der Waals surface area (Å²) in [5.74, 6) is 2.81. The quantitative estimate of drug-likeness (QED) is 0.253. The number of guanidine groups is 1. The van der Waals surface area contributed by atoms with Crippen molar-refractivity contribution in [2.24, 2.45) is 4.99 Å². The summed E-state index contributed by atoms with van der Waals surface area (Å²) in [6.45, 7) is 6.17. The topological polar surface area (TPSA) is 75.6 Å². The van der Waals surface area contributed by atoms with Crippen LogP contribution >= 0.6 is 24.0 Å². The fourth-order valence-electron chi connectivity index (χ4n) is 2.74. The summed E-state index contributed by atoms with van der Waals surface area (Å²) in [6, 6.07) is 16.3.